The molecule has 160 valence electrons. The second-order valence-electron chi connectivity index (χ2n) is 7.17. The molecular weight excluding hydrogens is 429 g/mol. The van der Waals surface area contributed by atoms with Crippen LogP contribution in [-0.4, -0.2) is 11.9 Å². The summed E-state index contributed by atoms with van der Waals surface area (Å²) in [6, 6.07) is 18.1. The van der Waals surface area contributed by atoms with Gasteiger partial charge in [0, 0.05) is 10.7 Å². The van der Waals surface area contributed by atoms with Gasteiger partial charge < -0.3 is 4.74 Å². The van der Waals surface area contributed by atoms with Crippen molar-refractivity contribution in [2.24, 2.45) is 0 Å². The SMILES string of the molecule is C[C@@H]1NC(c2cccc(C(F)(F)F)c2)N(c2ccc(Oc3ccc(Cl)cc3)cc2)C1=O. The van der Waals surface area contributed by atoms with E-state index in [0.717, 1.165) is 12.1 Å². The first-order valence-corrected chi connectivity index (χ1v) is 9.90. The van der Waals surface area contributed by atoms with Crippen LogP contribution in [-0.2, 0) is 11.0 Å². The Hall–Kier alpha value is -3.03. The summed E-state index contributed by atoms with van der Waals surface area (Å²) in [5.74, 6) is 0.926. The van der Waals surface area contributed by atoms with Gasteiger partial charge in [0.1, 0.15) is 17.7 Å². The highest BCUT2D eigenvalue weighted by molar-refractivity contribution is 6.30. The Kier molecular flexibility index (Phi) is 5.64. The van der Waals surface area contributed by atoms with Crippen LogP contribution in [0.3, 0.4) is 0 Å². The van der Waals surface area contributed by atoms with E-state index in [4.69, 9.17) is 16.3 Å². The highest BCUT2D eigenvalue weighted by atomic mass is 35.5. The number of nitrogens with one attached hydrogen (secondary N) is 1. The Labute approximate surface area is 182 Å². The van der Waals surface area contributed by atoms with E-state index in [9.17, 15) is 18.0 Å². The zero-order valence-electron chi connectivity index (χ0n) is 16.4. The van der Waals surface area contributed by atoms with Gasteiger partial charge in [0.15, 0.2) is 0 Å². The summed E-state index contributed by atoms with van der Waals surface area (Å²) in [4.78, 5) is 14.2. The monoisotopic (exact) mass is 446 g/mol. The van der Waals surface area contributed by atoms with Crippen LogP contribution in [0.5, 0.6) is 11.5 Å². The van der Waals surface area contributed by atoms with Gasteiger partial charge in [0.05, 0.1) is 11.6 Å². The third-order valence-electron chi connectivity index (χ3n) is 4.97. The molecule has 0 radical (unpaired) electrons. The number of alkyl halides is 3. The molecule has 0 aliphatic carbocycles. The molecular formula is C23H18ClF3N2O2. The van der Waals surface area contributed by atoms with Gasteiger partial charge in [-0.15, -0.1) is 0 Å². The maximum atomic E-state index is 13.2. The first-order chi connectivity index (χ1) is 14.7. The molecule has 3 aromatic rings. The molecule has 1 N–H and O–H groups in total. The summed E-state index contributed by atoms with van der Waals surface area (Å²) in [5.41, 5.74) is 0.146. The summed E-state index contributed by atoms with van der Waals surface area (Å²) in [5, 5.41) is 3.67. The highest BCUT2D eigenvalue weighted by Crippen LogP contribution is 2.36. The molecule has 1 unspecified atom stereocenters. The molecule has 1 aliphatic heterocycles. The smallest absolute Gasteiger partial charge is 0.416 e. The number of ether oxygens (including phenoxy) is 1. The third kappa shape index (κ3) is 4.52. The summed E-state index contributed by atoms with van der Waals surface area (Å²) < 4.78 is 45.2. The molecule has 1 amide bonds. The number of anilines is 1. The zero-order chi connectivity index (χ0) is 22.2. The van der Waals surface area contributed by atoms with Gasteiger partial charge in [-0.05, 0) is 73.2 Å². The maximum absolute atomic E-state index is 13.2. The van der Waals surface area contributed by atoms with E-state index in [1.165, 1.54) is 11.0 Å². The molecule has 1 heterocycles. The lowest BCUT2D eigenvalue weighted by molar-refractivity contribution is -0.137. The maximum Gasteiger partial charge on any atom is 0.416 e. The number of amides is 1. The van der Waals surface area contributed by atoms with Gasteiger partial charge in [0.2, 0.25) is 5.91 Å². The lowest BCUT2D eigenvalue weighted by Gasteiger charge is -2.25. The second kappa shape index (κ2) is 8.24. The Morgan fingerprint density at radius 2 is 1.58 bits per heavy atom. The van der Waals surface area contributed by atoms with Crippen LogP contribution >= 0.6 is 11.6 Å². The normalized spacial score (nSPS) is 19.0. The Morgan fingerprint density at radius 1 is 0.968 bits per heavy atom. The van der Waals surface area contributed by atoms with E-state index in [0.29, 0.717) is 27.8 Å². The van der Waals surface area contributed by atoms with E-state index in [-0.39, 0.29) is 5.91 Å². The van der Waals surface area contributed by atoms with E-state index in [1.54, 1.807) is 61.5 Å². The summed E-state index contributed by atoms with van der Waals surface area (Å²) >= 11 is 5.87. The molecule has 8 heteroatoms. The molecule has 0 bridgehead atoms. The number of benzene rings is 3. The molecule has 31 heavy (non-hydrogen) atoms. The van der Waals surface area contributed by atoms with Crippen LogP contribution in [0.25, 0.3) is 0 Å². The van der Waals surface area contributed by atoms with Crippen molar-refractivity contribution >= 4 is 23.2 Å². The van der Waals surface area contributed by atoms with Crippen molar-refractivity contribution < 1.29 is 22.7 Å². The topological polar surface area (TPSA) is 41.6 Å². The highest BCUT2D eigenvalue weighted by Gasteiger charge is 2.39. The lowest BCUT2D eigenvalue weighted by atomic mass is 10.1. The largest absolute Gasteiger partial charge is 0.457 e. The minimum absolute atomic E-state index is 0.228. The number of halogens is 4. The van der Waals surface area contributed by atoms with E-state index in [1.807, 2.05) is 0 Å². The van der Waals surface area contributed by atoms with Gasteiger partial charge >= 0.3 is 6.18 Å². The van der Waals surface area contributed by atoms with Gasteiger partial charge in [-0.1, -0.05) is 23.7 Å². The van der Waals surface area contributed by atoms with Crippen molar-refractivity contribution in [3.05, 3.63) is 88.9 Å². The molecule has 0 aromatic heterocycles. The first-order valence-electron chi connectivity index (χ1n) is 9.52. The van der Waals surface area contributed by atoms with Crippen molar-refractivity contribution in [1.82, 2.24) is 5.32 Å². The number of rotatable bonds is 4. The van der Waals surface area contributed by atoms with Crippen molar-refractivity contribution in [2.75, 3.05) is 4.90 Å². The molecule has 4 rings (SSSR count). The number of hydrogen-bond acceptors (Lipinski definition) is 3. The summed E-state index contributed by atoms with van der Waals surface area (Å²) in [6.45, 7) is 1.68. The average molecular weight is 447 g/mol. The minimum atomic E-state index is -4.46. The molecule has 4 nitrogen and oxygen atoms in total. The lowest BCUT2D eigenvalue weighted by Crippen LogP contribution is -2.30. The Balaban J connectivity index is 1.60. The van der Waals surface area contributed by atoms with E-state index < -0.39 is 23.9 Å². The zero-order valence-corrected chi connectivity index (χ0v) is 17.1. The summed E-state index contributed by atoms with van der Waals surface area (Å²) in [7, 11) is 0. The van der Waals surface area contributed by atoms with Crippen molar-refractivity contribution in [3.63, 3.8) is 0 Å². The predicted octanol–water partition coefficient (Wildman–Crippen LogP) is 6.17. The van der Waals surface area contributed by atoms with E-state index >= 15 is 0 Å². The van der Waals surface area contributed by atoms with Crippen LogP contribution in [0.15, 0.2) is 72.8 Å². The predicted molar refractivity (Wildman–Crippen MR) is 112 cm³/mol. The van der Waals surface area contributed by atoms with Crippen LogP contribution < -0.4 is 15.0 Å². The molecule has 3 aromatic carbocycles. The third-order valence-corrected chi connectivity index (χ3v) is 5.22. The van der Waals surface area contributed by atoms with E-state index in [2.05, 4.69) is 5.32 Å². The molecule has 1 fully saturated rings. The quantitative estimate of drug-likeness (QED) is 0.520. The molecule has 2 atom stereocenters. The number of hydrogen-bond donors (Lipinski definition) is 1. The van der Waals surface area contributed by atoms with Gasteiger partial charge in [-0.2, -0.15) is 13.2 Å². The molecule has 0 saturated carbocycles. The first kappa shape index (κ1) is 21.2. The standard InChI is InChI=1S/C23H18ClF3N2O2/c1-14-22(30)29(21(28-14)15-3-2-4-16(13-15)23(25,26)27)18-7-11-20(12-8-18)31-19-9-5-17(24)6-10-19/h2-14,21,28H,1H3/t14-,21?/m0/s1. The van der Waals surface area contributed by atoms with Gasteiger partial charge in [0.25, 0.3) is 0 Å². The molecule has 1 aliphatic rings. The average Bonchev–Trinajstić information content (AvgIpc) is 3.04. The van der Waals surface area contributed by atoms with Crippen LogP contribution in [0.4, 0.5) is 18.9 Å². The second-order valence-corrected chi connectivity index (χ2v) is 7.61. The summed E-state index contributed by atoms with van der Waals surface area (Å²) in [6.07, 6.45) is -5.18. The van der Waals surface area contributed by atoms with Gasteiger partial charge in [-0.3, -0.25) is 15.0 Å². The number of carbonyl (C=O) groups excluding carboxylic acids is 1. The number of nitrogens with zero attached hydrogens (tertiary/aromatic N) is 1. The van der Waals surface area contributed by atoms with Crippen LogP contribution in [0, 0.1) is 0 Å². The molecule has 1 saturated heterocycles. The van der Waals surface area contributed by atoms with Gasteiger partial charge in [-0.25, -0.2) is 0 Å². The van der Waals surface area contributed by atoms with Crippen molar-refractivity contribution in [1.29, 1.82) is 0 Å². The van der Waals surface area contributed by atoms with Crippen molar-refractivity contribution in [3.8, 4) is 11.5 Å². The Morgan fingerprint density at radius 3 is 2.19 bits per heavy atom. The number of carbonyl (C=O) groups is 1. The fourth-order valence-corrected chi connectivity index (χ4v) is 3.56. The van der Waals surface area contributed by atoms with Crippen molar-refractivity contribution in [2.45, 2.75) is 25.3 Å². The fraction of sp³-hybridized carbons (Fsp3) is 0.174. The fourth-order valence-electron chi connectivity index (χ4n) is 3.44. The Bertz CT molecular complexity index is 1090. The van der Waals surface area contributed by atoms with Crippen LogP contribution in [0.2, 0.25) is 5.02 Å². The van der Waals surface area contributed by atoms with Crippen LogP contribution in [0.1, 0.15) is 24.2 Å². The molecule has 0 spiro atoms. The minimum Gasteiger partial charge on any atom is -0.457 e.